The lowest BCUT2D eigenvalue weighted by molar-refractivity contribution is 0.614. The summed E-state index contributed by atoms with van der Waals surface area (Å²) in [7, 11) is 0. The van der Waals surface area contributed by atoms with Gasteiger partial charge in [0.05, 0.1) is 0 Å². The molecule has 0 radical (unpaired) electrons. The summed E-state index contributed by atoms with van der Waals surface area (Å²) in [5.41, 5.74) is 0.675. The zero-order valence-electron chi connectivity index (χ0n) is 5.98. The Labute approximate surface area is 73.9 Å². The van der Waals surface area contributed by atoms with Gasteiger partial charge in [-0.15, -0.1) is 0 Å². The Hall–Kier alpha value is -0.630. The zero-order valence-corrected chi connectivity index (χ0v) is 7.57. The topological polar surface area (TPSA) is 0 Å². The van der Waals surface area contributed by atoms with Crippen LogP contribution in [0.4, 0.5) is 4.39 Å². The van der Waals surface area contributed by atoms with Crippen molar-refractivity contribution in [2.24, 2.45) is 0 Å². The molecule has 0 amide bonds. The van der Waals surface area contributed by atoms with Crippen molar-refractivity contribution in [1.82, 2.24) is 0 Å². The van der Waals surface area contributed by atoms with Crippen molar-refractivity contribution >= 4 is 15.9 Å². The van der Waals surface area contributed by atoms with E-state index in [1.54, 1.807) is 12.1 Å². The number of rotatable bonds is 2. The highest BCUT2D eigenvalue weighted by Gasteiger charge is 1.99. The summed E-state index contributed by atoms with van der Waals surface area (Å²) in [5, 5.41) is 0. The second-order valence-electron chi connectivity index (χ2n) is 2.29. The van der Waals surface area contributed by atoms with Crippen molar-refractivity contribution in [2.75, 3.05) is 0 Å². The Morgan fingerprint density at radius 2 is 2.09 bits per heavy atom. The predicted octanol–water partition coefficient (Wildman–Crippen LogP) is 3.28. The van der Waals surface area contributed by atoms with E-state index in [1.807, 2.05) is 6.07 Å². The smallest absolute Gasteiger partial charge is 0.126 e. The number of hydrogen-bond donors (Lipinski definition) is 0. The van der Waals surface area contributed by atoms with E-state index in [0.717, 1.165) is 4.48 Å². The highest BCUT2D eigenvalue weighted by molar-refractivity contribution is 9.11. The number of halogens is 2. The molecule has 0 atom stereocenters. The van der Waals surface area contributed by atoms with Gasteiger partial charge in [0.2, 0.25) is 0 Å². The minimum absolute atomic E-state index is 0.173. The van der Waals surface area contributed by atoms with Crippen LogP contribution in [0.1, 0.15) is 5.56 Å². The van der Waals surface area contributed by atoms with E-state index in [9.17, 15) is 4.39 Å². The summed E-state index contributed by atoms with van der Waals surface area (Å²) >= 11 is 3.18. The van der Waals surface area contributed by atoms with Crippen LogP contribution in [0.3, 0.4) is 0 Å². The molecule has 1 rings (SSSR count). The van der Waals surface area contributed by atoms with Gasteiger partial charge in [0.25, 0.3) is 0 Å². The molecule has 0 unspecified atom stereocenters. The molecule has 1 aromatic carbocycles. The highest BCUT2D eigenvalue weighted by atomic mass is 79.9. The molecule has 0 aliphatic rings. The molecule has 2 heteroatoms. The van der Waals surface area contributed by atoms with E-state index in [0.29, 0.717) is 12.0 Å². The van der Waals surface area contributed by atoms with Crippen molar-refractivity contribution < 1.29 is 4.39 Å². The molecule has 0 aliphatic heterocycles. The third-order valence-electron chi connectivity index (χ3n) is 1.34. The summed E-state index contributed by atoms with van der Waals surface area (Å²) in [6, 6.07) is 6.69. The maximum atomic E-state index is 12.9. The Bertz CT molecular complexity index is 268. The van der Waals surface area contributed by atoms with Crippen LogP contribution in [0, 0.1) is 5.82 Å². The second kappa shape index (κ2) is 3.67. The summed E-state index contributed by atoms with van der Waals surface area (Å²) in [6.45, 7) is 3.64. The van der Waals surface area contributed by atoms with Gasteiger partial charge in [0.1, 0.15) is 5.82 Å². The molecule has 0 bridgehead atoms. The van der Waals surface area contributed by atoms with Gasteiger partial charge in [-0.3, -0.25) is 0 Å². The van der Waals surface area contributed by atoms with Gasteiger partial charge in [-0.05, 0) is 16.1 Å². The molecule has 0 saturated carbocycles. The molecule has 58 valence electrons. The summed E-state index contributed by atoms with van der Waals surface area (Å²) in [6.07, 6.45) is 0.548. The lowest BCUT2D eigenvalue weighted by atomic mass is 10.1. The molecule has 0 aromatic heterocycles. The monoisotopic (exact) mass is 214 g/mol. The van der Waals surface area contributed by atoms with Gasteiger partial charge in [-0.2, -0.15) is 0 Å². The molecule has 0 spiro atoms. The first kappa shape index (κ1) is 8.47. The predicted molar refractivity (Wildman–Crippen MR) is 48.2 cm³/mol. The molecule has 1 aromatic rings. The fourth-order valence-electron chi connectivity index (χ4n) is 0.848. The van der Waals surface area contributed by atoms with Crippen LogP contribution >= 0.6 is 15.9 Å². The Morgan fingerprint density at radius 1 is 1.45 bits per heavy atom. The molecule has 0 nitrogen and oxygen atoms in total. The summed E-state index contributed by atoms with van der Waals surface area (Å²) < 4.78 is 13.7. The molecule has 0 fully saturated rings. The van der Waals surface area contributed by atoms with Crippen molar-refractivity contribution in [3.8, 4) is 0 Å². The van der Waals surface area contributed by atoms with Crippen LogP contribution < -0.4 is 0 Å². The lowest BCUT2D eigenvalue weighted by Gasteiger charge is -1.99. The summed E-state index contributed by atoms with van der Waals surface area (Å²) in [5.74, 6) is -0.173. The lowest BCUT2D eigenvalue weighted by Crippen LogP contribution is -1.88. The third kappa shape index (κ3) is 2.46. The van der Waals surface area contributed by atoms with E-state index in [-0.39, 0.29) is 5.82 Å². The Morgan fingerprint density at radius 3 is 2.64 bits per heavy atom. The first-order valence-electron chi connectivity index (χ1n) is 3.27. The molecule has 11 heavy (non-hydrogen) atoms. The number of allylic oxidation sites excluding steroid dienone is 1. The summed E-state index contributed by atoms with van der Waals surface area (Å²) in [4.78, 5) is 0. The molecule has 0 saturated heterocycles. The van der Waals surface area contributed by atoms with E-state index in [4.69, 9.17) is 0 Å². The average molecular weight is 215 g/mol. The van der Waals surface area contributed by atoms with Gasteiger partial charge in [0, 0.05) is 6.42 Å². The molecular formula is C9H8BrF. The molecular weight excluding hydrogens is 207 g/mol. The SMILES string of the molecule is C=C(Br)Cc1ccccc1F. The first-order valence-corrected chi connectivity index (χ1v) is 4.06. The Balaban J connectivity index is 2.86. The minimum Gasteiger partial charge on any atom is -0.207 e. The van der Waals surface area contributed by atoms with Gasteiger partial charge in [-0.25, -0.2) is 4.39 Å². The van der Waals surface area contributed by atoms with Crippen LogP contribution in [-0.4, -0.2) is 0 Å². The zero-order chi connectivity index (χ0) is 8.27. The average Bonchev–Trinajstić information content (AvgIpc) is 1.93. The number of benzene rings is 1. The standard InChI is InChI=1S/C9H8BrF/c1-7(10)6-8-4-2-3-5-9(8)11/h2-5H,1,6H2. The first-order chi connectivity index (χ1) is 5.20. The molecule has 0 aliphatic carbocycles. The van der Waals surface area contributed by atoms with Crippen molar-refractivity contribution in [3.63, 3.8) is 0 Å². The van der Waals surface area contributed by atoms with Crippen molar-refractivity contribution in [1.29, 1.82) is 0 Å². The fraction of sp³-hybridized carbons (Fsp3) is 0.111. The van der Waals surface area contributed by atoms with Crippen molar-refractivity contribution in [2.45, 2.75) is 6.42 Å². The van der Waals surface area contributed by atoms with Crippen LogP contribution in [0.25, 0.3) is 0 Å². The maximum absolute atomic E-state index is 12.9. The van der Waals surface area contributed by atoms with Crippen LogP contribution in [-0.2, 0) is 6.42 Å². The fourth-order valence-corrected chi connectivity index (χ4v) is 1.15. The van der Waals surface area contributed by atoms with E-state index in [1.165, 1.54) is 6.07 Å². The van der Waals surface area contributed by atoms with Gasteiger partial charge >= 0.3 is 0 Å². The number of hydrogen-bond acceptors (Lipinski definition) is 0. The normalized spacial score (nSPS) is 9.64. The van der Waals surface area contributed by atoms with Gasteiger partial charge < -0.3 is 0 Å². The second-order valence-corrected chi connectivity index (χ2v) is 3.41. The van der Waals surface area contributed by atoms with E-state index < -0.39 is 0 Å². The van der Waals surface area contributed by atoms with Gasteiger partial charge in [-0.1, -0.05) is 40.7 Å². The van der Waals surface area contributed by atoms with Crippen LogP contribution in [0.15, 0.2) is 35.3 Å². The molecule has 0 heterocycles. The van der Waals surface area contributed by atoms with Crippen molar-refractivity contribution in [3.05, 3.63) is 46.7 Å². The molecule has 0 N–H and O–H groups in total. The van der Waals surface area contributed by atoms with E-state index in [2.05, 4.69) is 22.5 Å². The van der Waals surface area contributed by atoms with Crippen LogP contribution in [0.2, 0.25) is 0 Å². The Kier molecular flexibility index (Phi) is 2.83. The third-order valence-corrected chi connectivity index (χ3v) is 1.62. The maximum Gasteiger partial charge on any atom is 0.126 e. The largest absolute Gasteiger partial charge is 0.207 e. The minimum atomic E-state index is -0.173. The van der Waals surface area contributed by atoms with E-state index >= 15 is 0 Å². The quantitative estimate of drug-likeness (QED) is 0.710. The highest BCUT2D eigenvalue weighted by Crippen LogP contribution is 2.14. The van der Waals surface area contributed by atoms with Crippen LogP contribution in [0.5, 0.6) is 0 Å². The van der Waals surface area contributed by atoms with Gasteiger partial charge in [0.15, 0.2) is 0 Å².